The number of hydrogen-bond acceptors (Lipinski definition) is 6. The third-order valence-electron chi connectivity index (χ3n) is 4.61. The second-order valence-electron chi connectivity index (χ2n) is 6.93. The van der Waals surface area contributed by atoms with E-state index in [-0.39, 0.29) is 13.2 Å². The first-order valence-corrected chi connectivity index (χ1v) is 12.7. The fourth-order valence-electron chi connectivity index (χ4n) is 2.76. The largest absolute Gasteiger partial charge is 0.457 e. The third-order valence-corrected chi connectivity index (χ3v) is 6.48. The van der Waals surface area contributed by atoms with Crippen LogP contribution >= 0.6 is 0 Å². The Morgan fingerprint density at radius 1 is 0.594 bits per heavy atom. The molecular formula is C24H22O6S2. The van der Waals surface area contributed by atoms with Gasteiger partial charge >= 0.3 is 11.9 Å². The number of ether oxygens (including phenoxy) is 2. The summed E-state index contributed by atoms with van der Waals surface area (Å²) in [6.07, 6.45) is 3.15. The van der Waals surface area contributed by atoms with E-state index in [1.54, 1.807) is 85.3 Å². The quantitative estimate of drug-likeness (QED) is 0.465. The average molecular weight is 471 g/mol. The van der Waals surface area contributed by atoms with Crippen LogP contribution in [0.2, 0.25) is 0 Å². The van der Waals surface area contributed by atoms with E-state index >= 15 is 0 Å². The molecule has 2 atom stereocenters. The molecule has 6 nitrogen and oxygen atoms in total. The molecule has 2 unspecified atom stereocenters. The highest BCUT2D eigenvalue weighted by molar-refractivity contribution is 7.84. The summed E-state index contributed by atoms with van der Waals surface area (Å²) >= 11 is 0. The third kappa shape index (κ3) is 6.45. The van der Waals surface area contributed by atoms with Crippen LogP contribution in [0.3, 0.4) is 0 Å². The number of rotatable bonds is 8. The Hall–Kier alpha value is -3.10. The maximum absolute atomic E-state index is 12.2. The van der Waals surface area contributed by atoms with Crippen LogP contribution in [0.25, 0.3) is 0 Å². The predicted octanol–water partition coefficient (Wildman–Crippen LogP) is 3.88. The van der Waals surface area contributed by atoms with Gasteiger partial charge in [-0.1, -0.05) is 24.3 Å². The van der Waals surface area contributed by atoms with E-state index in [4.69, 9.17) is 9.47 Å². The van der Waals surface area contributed by atoms with Crippen molar-refractivity contribution < 1.29 is 27.5 Å². The predicted molar refractivity (Wildman–Crippen MR) is 122 cm³/mol. The van der Waals surface area contributed by atoms with Crippen molar-refractivity contribution in [3.8, 4) is 0 Å². The maximum atomic E-state index is 12.2. The van der Waals surface area contributed by atoms with Gasteiger partial charge in [-0.15, -0.1) is 0 Å². The molecule has 0 saturated carbocycles. The highest BCUT2D eigenvalue weighted by Gasteiger charge is 2.10. The van der Waals surface area contributed by atoms with Gasteiger partial charge in [0.05, 0.1) is 11.1 Å². The molecule has 0 N–H and O–H groups in total. The van der Waals surface area contributed by atoms with Crippen LogP contribution in [-0.4, -0.2) is 32.9 Å². The minimum Gasteiger partial charge on any atom is -0.457 e. The van der Waals surface area contributed by atoms with Gasteiger partial charge < -0.3 is 9.47 Å². The van der Waals surface area contributed by atoms with E-state index in [1.807, 2.05) is 0 Å². The summed E-state index contributed by atoms with van der Waals surface area (Å²) in [5, 5.41) is 0. The SMILES string of the molecule is CS(=O)c1ccc(C(=O)OCc2ccc(COC(=O)c3ccc(S(C)=O)cc3)cc2)cc1. The van der Waals surface area contributed by atoms with E-state index in [1.165, 1.54) is 0 Å². The summed E-state index contributed by atoms with van der Waals surface area (Å²) < 4.78 is 33.5. The average Bonchev–Trinajstić information content (AvgIpc) is 2.81. The first-order valence-electron chi connectivity index (χ1n) is 9.62. The molecule has 0 spiro atoms. The summed E-state index contributed by atoms with van der Waals surface area (Å²) in [7, 11) is -2.20. The number of esters is 2. The lowest BCUT2D eigenvalue weighted by molar-refractivity contribution is 0.0460. The number of benzene rings is 3. The van der Waals surface area contributed by atoms with E-state index in [9.17, 15) is 18.0 Å². The molecule has 0 aromatic heterocycles. The van der Waals surface area contributed by atoms with Crippen LogP contribution in [0.5, 0.6) is 0 Å². The van der Waals surface area contributed by atoms with Gasteiger partial charge in [0.1, 0.15) is 13.2 Å². The molecule has 0 bridgehead atoms. The lowest BCUT2D eigenvalue weighted by atomic mass is 10.1. The van der Waals surface area contributed by atoms with Gasteiger partial charge in [0.2, 0.25) is 0 Å². The molecule has 0 heterocycles. The van der Waals surface area contributed by atoms with Crippen molar-refractivity contribution in [2.75, 3.05) is 12.5 Å². The molecule has 0 saturated heterocycles. The van der Waals surface area contributed by atoms with Crippen molar-refractivity contribution >= 4 is 33.5 Å². The van der Waals surface area contributed by atoms with Crippen molar-refractivity contribution in [3.05, 3.63) is 95.1 Å². The van der Waals surface area contributed by atoms with Crippen molar-refractivity contribution in [1.82, 2.24) is 0 Å². The van der Waals surface area contributed by atoms with E-state index in [0.29, 0.717) is 20.9 Å². The first kappa shape index (κ1) is 23.6. The van der Waals surface area contributed by atoms with E-state index in [2.05, 4.69) is 0 Å². The Balaban J connectivity index is 1.49. The van der Waals surface area contributed by atoms with Crippen LogP contribution in [0.1, 0.15) is 31.8 Å². The lowest BCUT2D eigenvalue weighted by Gasteiger charge is -2.08. The molecule has 0 amide bonds. The molecule has 0 aliphatic carbocycles. The molecule has 32 heavy (non-hydrogen) atoms. The monoisotopic (exact) mass is 470 g/mol. The fraction of sp³-hybridized carbons (Fsp3) is 0.167. The van der Waals surface area contributed by atoms with E-state index < -0.39 is 33.5 Å². The number of hydrogen-bond donors (Lipinski definition) is 0. The Morgan fingerprint density at radius 2 is 0.906 bits per heavy atom. The minimum atomic E-state index is -1.10. The zero-order chi connectivity index (χ0) is 23.1. The highest BCUT2D eigenvalue weighted by atomic mass is 32.2. The first-order chi connectivity index (χ1) is 15.3. The normalized spacial score (nSPS) is 12.6. The Morgan fingerprint density at radius 3 is 1.19 bits per heavy atom. The van der Waals surface area contributed by atoms with Crippen molar-refractivity contribution in [3.63, 3.8) is 0 Å². The van der Waals surface area contributed by atoms with Crippen molar-refractivity contribution in [1.29, 1.82) is 0 Å². The van der Waals surface area contributed by atoms with Gasteiger partial charge in [0.15, 0.2) is 0 Å². The van der Waals surface area contributed by atoms with Gasteiger partial charge in [0, 0.05) is 43.9 Å². The Bertz CT molecular complexity index is 1040. The van der Waals surface area contributed by atoms with Crippen LogP contribution in [0, 0.1) is 0 Å². The van der Waals surface area contributed by atoms with E-state index in [0.717, 1.165) is 11.1 Å². The summed E-state index contributed by atoms with van der Waals surface area (Å²) in [5.41, 5.74) is 2.37. The second-order valence-corrected chi connectivity index (χ2v) is 9.69. The fourth-order valence-corrected chi connectivity index (χ4v) is 3.80. The zero-order valence-electron chi connectivity index (χ0n) is 17.6. The minimum absolute atomic E-state index is 0.103. The number of carbonyl (C=O) groups is 2. The molecule has 0 aliphatic heterocycles. The lowest BCUT2D eigenvalue weighted by Crippen LogP contribution is -2.06. The van der Waals surface area contributed by atoms with Gasteiger partial charge in [0.25, 0.3) is 0 Å². The van der Waals surface area contributed by atoms with Crippen LogP contribution in [0.4, 0.5) is 0 Å². The molecular weight excluding hydrogens is 448 g/mol. The Labute approximate surface area is 191 Å². The molecule has 0 aliphatic rings. The summed E-state index contributed by atoms with van der Waals surface area (Å²) in [4.78, 5) is 25.6. The molecule has 8 heteroatoms. The highest BCUT2D eigenvalue weighted by Crippen LogP contribution is 2.13. The summed E-state index contributed by atoms with van der Waals surface area (Å²) in [6.45, 7) is 0.205. The van der Waals surface area contributed by atoms with Crippen LogP contribution < -0.4 is 0 Å². The van der Waals surface area contributed by atoms with Gasteiger partial charge in [-0.25, -0.2) is 9.59 Å². The molecule has 3 aromatic rings. The molecule has 3 rings (SSSR count). The van der Waals surface area contributed by atoms with Crippen molar-refractivity contribution in [2.24, 2.45) is 0 Å². The van der Waals surface area contributed by atoms with Gasteiger partial charge in [-0.05, 0) is 59.7 Å². The summed E-state index contributed by atoms with van der Waals surface area (Å²) in [6, 6.07) is 20.1. The van der Waals surface area contributed by atoms with Gasteiger partial charge in [-0.3, -0.25) is 8.42 Å². The molecule has 166 valence electrons. The van der Waals surface area contributed by atoms with Crippen LogP contribution in [-0.2, 0) is 44.3 Å². The maximum Gasteiger partial charge on any atom is 0.338 e. The molecule has 0 fully saturated rings. The molecule has 3 aromatic carbocycles. The Kier molecular flexibility index (Phi) is 8.08. The van der Waals surface area contributed by atoms with Crippen molar-refractivity contribution in [2.45, 2.75) is 23.0 Å². The molecule has 0 radical (unpaired) electrons. The number of carbonyl (C=O) groups excluding carboxylic acids is 2. The smallest absolute Gasteiger partial charge is 0.338 e. The summed E-state index contributed by atoms with van der Waals surface area (Å²) in [5.74, 6) is -0.927. The zero-order valence-corrected chi connectivity index (χ0v) is 19.2. The van der Waals surface area contributed by atoms with Gasteiger partial charge in [-0.2, -0.15) is 0 Å². The topological polar surface area (TPSA) is 86.7 Å². The van der Waals surface area contributed by atoms with Crippen LogP contribution in [0.15, 0.2) is 82.6 Å². The standard InChI is InChI=1S/C24H22O6S2/c1-31(27)21-11-7-19(8-12-21)23(25)29-15-17-3-5-18(6-4-17)16-30-24(26)20-9-13-22(14-10-20)32(2)28/h3-14H,15-16H2,1-2H3. The second kappa shape index (κ2) is 11.0.